The van der Waals surface area contributed by atoms with Crippen molar-refractivity contribution in [1.82, 2.24) is 10.0 Å². The van der Waals surface area contributed by atoms with E-state index in [0.29, 0.717) is 11.6 Å². The summed E-state index contributed by atoms with van der Waals surface area (Å²) in [5, 5.41) is 4.81. The van der Waals surface area contributed by atoms with E-state index in [1.54, 1.807) is 42.5 Å². The Morgan fingerprint density at radius 3 is 2.33 bits per heavy atom. The smallest absolute Gasteiger partial charge is 0.251 e. The largest absolute Gasteiger partial charge is 0.349 e. The molecule has 0 heterocycles. The summed E-state index contributed by atoms with van der Waals surface area (Å²) in [6, 6.07) is 20.0. The minimum atomic E-state index is -3.61. The first-order valence-corrected chi connectivity index (χ1v) is 10.4. The average Bonchev–Trinajstić information content (AvgIpc) is 3.50. The van der Waals surface area contributed by atoms with Gasteiger partial charge in [-0.05, 0) is 53.4 Å². The van der Waals surface area contributed by atoms with Gasteiger partial charge in [0.25, 0.3) is 5.91 Å². The Morgan fingerprint density at radius 2 is 1.63 bits per heavy atom. The Balaban J connectivity index is 1.44. The van der Waals surface area contributed by atoms with Crippen LogP contribution in [0.25, 0.3) is 10.8 Å². The van der Waals surface area contributed by atoms with E-state index in [4.69, 9.17) is 0 Å². The van der Waals surface area contributed by atoms with Crippen molar-refractivity contribution >= 4 is 26.7 Å². The molecule has 4 rings (SSSR count). The van der Waals surface area contributed by atoms with E-state index in [1.165, 1.54) is 0 Å². The lowest BCUT2D eigenvalue weighted by atomic mass is 10.1. The van der Waals surface area contributed by atoms with E-state index >= 15 is 0 Å². The molecule has 0 radical (unpaired) electrons. The fourth-order valence-electron chi connectivity index (χ4n) is 2.87. The van der Waals surface area contributed by atoms with Crippen LogP contribution < -0.4 is 10.0 Å². The Labute approximate surface area is 158 Å². The number of hydrogen-bond donors (Lipinski definition) is 2. The molecule has 0 unspecified atom stereocenters. The molecule has 1 aliphatic rings. The molecule has 3 aromatic carbocycles. The summed E-state index contributed by atoms with van der Waals surface area (Å²) in [6.07, 6.45) is 2.08. The Morgan fingerprint density at radius 1 is 0.926 bits per heavy atom. The van der Waals surface area contributed by atoms with Crippen LogP contribution in [0, 0.1) is 0 Å². The minimum Gasteiger partial charge on any atom is -0.349 e. The number of hydrogen-bond acceptors (Lipinski definition) is 3. The zero-order valence-corrected chi connectivity index (χ0v) is 15.5. The summed E-state index contributed by atoms with van der Waals surface area (Å²) in [6.45, 7) is 0.166. The molecular weight excluding hydrogens is 360 g/mol. The number of sulfonamides is 1. The Kier molecular flexibility index (Phi) is 4.68. The highest BCUT2D eigenvalue weighted by molar-refractivity contribution is 7.89. The summed E-state index contributed by atoms with van der Waals surface area (Å²) in [4.78, 5) is 12.2. The van der Waals surface area contributed by atoms with Crippen LogP contribution >= 0.6 is 0 Å². The Hall–Kier alpha value is -2.70. The first-order chi connectivity index (χ1) is 13.0. The number of carbonyl (C=O) groups excluding carboxylic acids is 1. The third-order valence-electron chi connectivity index (χ3n) is 4.63. The molecule has 0 bridgehead atoms. The lowest BCUT2D eigenvalue weighted by Crippen LogP contribution is -2.25. The van der Waals surface area contributed by atoms with Crippen molar-refractivity contribution in [2.45, 2.75) is 30.3 Å². The molecule has 1 amide bonds. The van der Waals surface area contributed by atoms with Gasteiger partial charge in [-0.3, -0.25) is 4.79 Å². The summed E-state index contributed by atoms with van der Waals surface area (Å²) in [5.41, 5.74) is 1.38. The third kappa shape index (κ3) is 4.18. The van der Waals surface area contributed by atoms with Crippen molar-refractivity contribution in [2.24, 2.45) is 0 Å². The predicted octanol–water partition coefficient (Wildman–Crippen LogP) is 3.21. The van der Waals surface area contributed by atoms with Crippen LogP contribution in [0.4, 0.5) is 0 Å². The van der Waals surface area contributed by atoms with Gasteiger partial charge in [-0.25, -0.2) is 13.1 Å². The normalized spacial score (nSPS) is 14.2. The second kappa shape index (κ2) is 7.13. The van der Waals surface area contributed by atoms with Crippen LogP contribution in [0.3, 0.4) is 0 Å². The molecule has 0 saturated heterocycles. The molecule has 0 spiro atoms. The van der Waals surface area contributed by atoms with E-state index in [2.05, 4.69) is 10.0 Å². The molecule has 0 aromatic heterocycles. The van der Waals surface area contributed by atoms with Gasteiger partial charge in [0.2, 0.25) is 10.0 Å². The third-order valence-corrected chi connectivity index (χ3v) is 6.03. The SMILES string of the molecule is O=C(NC1CC1)c1ccc(CNS(=O)(=O)c2ccc3ccccc3c2)cc1. The van der Waals surface area contributed by atoms with Crippen molar-refractivity contribution in [3.05, 3.63) is 77.9 Å². The van der Waals surface area contributed by atoms with Crippen molar-refractivity contribution in [3.63, 3.8) is 0 Å². The first-order valence-electron chi connectivity index (χ1n) is 8.89. The van der Waals surface area contributed by atoms with Gasteiger partial charge in [-0.2, -0.15) is 0 Å². The maximum absolute atomic E-state index is 12.6. The van der Waals surface area contributed by atoms with Gasteiger partial charge in [-0.1, -0.05) is 42.5 Å². The van der Waals surface area contributed by atoms with Crippen LogP contribution in [0.1, 0.15) is 28.8 Å². The number of benzene rings is 3. The molecule has 6 heteroatoms. The van der Waals surface area contributed by atoms with Crippen molar-refractivity contribution in [2.75, 3.05) is 0 Å². The molecule has 0 atom stereocenters. The van der Waals surface area contributed by atoms with Gasteiger partial charge in [-0.15, -0.1) is 0 Å². The molecular formula is C21H20N2O3S. The summed E-state index contributed by atoms with van der Waals surface area (Å²) in [7, 11) is -3.61. The maximum Gasteiger partial charge on any atom is 0.251 e. The van der Waals surface area contributed by atoms with Crippen LogP contribution in [0.2, 0.25) is 0 Å². The topological polar surface area (TPSA) is 75.3 Å². The van der Waals surface area contributed by atoms with Gasteiger partial charge in [0.05, 0.1) is 4.90 Å². The monoisotopic (exact) mass is 380 g/mol. The molecule has 27 heavy (non-hydrogen) atoms. The number of fused-ring (bicyclic) bond motifs is 1. The van der Waals surface area contributed by atoms with Crippen molar-refractivity contribution in [1.29, 1.82) is 0 Å². The highest BCUT2D eigenvalue weighted by atomic mass is 32.2. The maximum atomic E-state index is 12.6. The Bertz CT molecular complexity index is 1090. The molecule has 1 saturated carbocycles. The first kappa shape index (κ1) is 17.7. The number of amides is 1. The van der Waals surface area contributed by atoms with Gasteiger partial charge in [0.15, 0.2) is 0 Å². The minimum absolute atomic E-state index is 0.0826. The predicted molar refractivity (Wildman–Crippen MR) is 105 cm³/mol. The van der Waals surface area contributed by atoms with Gasteiger partial charge in [0.1, 0.15) is 0 Å². The zero-order chi connectivity index (χ0) is 18.9. The summed E-state index contributed by atoms with van der Waals surface area (Å²) < 4.78 is 27.8. The highest BCUT2D eigenvalue weighted by Gasteiger charge is 2.23. The highest BCUT2D eigenvalue weighted by Crippen LogP contribution is 2.20. The fourth-order valence-corrected chi connectivity index (χ4v) is 3.92. The second-order valence-corrected chi connectivity index (χ2v) is 8.55. The van der Waals surface area contributed by atoms with Gasteiger partial charge in [0, 0.05) is 18.2 Å². The van der Waals surface area contributed by atoms with E-state index in [9.17, 15) is 13.2 Å². The van der Waals surface area contributed by atoms with E-state index in [0.717, 1.165) is 29.2 Å². The number of rotatable bonds is 6. The van der Waals surface area contributed by atoms with Crippen LogP contribution in [-0.2, 0) is 16.6 Å². The fraction of sp³-hybridized carbons (Fsp3) is 0.190. The molecule has 1 fully saturated rings. The van der Waals surface area contributed by atoms with Gasteiger partial charge < -0.3 is 5.32 Å². The standard InChI is InChI=1S/C21H20N2O3S/c24-21(23-19-10-11-19)17-7-5-15(6-8-17)14-22-27(25,26)20-12-9-16-3-1-2-4-18(16)13-20/h1-9,12-13,19,22H,10-11,14H2,(H,23,24). The average molecular weight is 380 g/mol. The lowest BCUT2D eigenvalue weighted by molar-refractivity contribution is 0.0951. The lowest BCUT2D eigenvalue weighted by Gasteiger charge is -2.09. The number of nitrogens with one attached hydrogen (secondary N) is 2. The quantitative estimate of drug-likeness (QED) is 0.689. The summed E-state index contributed by atoms with van der Waals surface area (Å²) in [5.74, 6) is -0.0826. The summed E-state index contributed by atoms with van der Waals surface area (Å²) >= 11 is 0. The van der Waals surface area contributed by atoms with Crippen LogP contribution in [0.15, 0.2) is 71.6 Å². The second-order valence-electron chi connectivity index (χ2n) is 6.78. The molecule has 0 aliphatic heterocycles. The van der Waals surface area contributed by atoms with Crippen LogP contribution in [0.5, 0.6) is 0 Å². The van der Waals surface area contributed by atoms with E-state index < -0.39 is 10.0 Å². The zero-order valence-electron chi connectivity index (χ0n) is 14.7. The molecule has 2 N–H and O–H groups in total. The molecule has 3 aromatic rings. The van der Waals surface area contributed by atoms with E-state index in [1.807, 2.05) is 24.3 Å². The van der Waals surface area contributed by atoms with Crippen molar-refractivity contribution < 1.29 is 13.2 Å². The molecule has 138 valence electrons. The van der Waals surface area contributed by atoms with Crippen molar-refractivity contribution in [3.8, 4) is 0 Å². The molecule has 1 aliphatic carbocycles. The molecule has 5 nitrogen and oxygen atoms in total. The van der Waals surface area contributed by atoms with Gasteiger partial charge >= 0.3 is 0 Å². The number of carbonyl (C=O) groups is 1. The van der Waals surface area contributed by atoms with Crippen LogP contribution in [-0.4, -0.2) is 20.4 Å². The van der Waals surface area contributed by atoms with E-state index in [-0.39, 0.29) is 17.3 Å².